The van der Waals surface area contributed by atoms with Gasteiger partial charge in [-0.2, -0.15) is 0 Å². The molecule has 0 aliphatic carbocycles. The van der Waals surface area contributed by atoms with E-state index >= 15 is 0 Å². The fourth-order valence-electron chi connectivity index (χ4n) is 2.16. The molecule has 0 aromatic heterocycles. The van der Waals surface area contributed by atoms with Crippen LogP contribution in [0.15, 0.2) is 0 Å². The van der Waals surface area contributed by atoms with Gasteiger partial charge in [0.2, 0.25) is 5.91 Å². The van der Waals surface area contributed by atoms with Gasteiger partial charge in [0.1, 0.15) is 0 Å². The average Bonchev–Trinajstić information content (AvgIpc) is 2.59. The first-order chi connectivity index (χ1) is 6.72. The molecule has 5 nitrogen and oxygen atoms in total. The Balaban J connectivity index is 1.99. The highest BCUT2D eigenvalue weighted by atomic mass is 16.5. The molecular formula is C9H14N2O3. The van der Waals surface area contributed by atoms with Gasteiger partial charge in [-0.25, -0.2) is 4.79 Å². The molecule has 2 amide bonds. The Labute approximate surface area is 82.6 Å². The van der Waals surface area contributed by atoms with Crippen molar-refractivity contribution in [2.24, 2.45) is 0 Å². The molecule has 0 aromatic carbocycles. The van der Waals surface area contributed by atoms with E-state index in [0.29, 0.717) is 26.1 Å². The third-order valence-corrected chi connectivity index (χ3v) is 2.93. The second-order valence-electron chi connectivity index (χ2n) is 3.70. The van der Waals surface area contributed by atoms with E-state index in [1.807, 2.05) is 4.90 Å². The molecule has 78 valence electrons. The molecule has 1 atom stereocenters. The summed E-state index contributed by atoms with van der Waals surface area (Å²) in [7, 11) is 1.38. The van der Waals surface area contributed by atoms with Crippen molar-refractivity contribution in [1.82, 2.24) is 9.80 Å². The predicted octanol–water partition coefficient (Wildman–Crippen LogP) is 0.0594. The summed E-state index contributed by atoms with van der Waals surface area (Å²) < 4.78 is 4.65. The first kappa shape index (κ1) is 9.30. The number of fused-ring (bicyclic) bond motifs is 1. The molecule has 0 aromatic rings. The SMILES string of the molecule is COC(=O)N1CCN2C(=O)CCC2C1. The second kappa shape index (κ2) is 3.48. The molecule has 2 saturated heterocycles. The summed E-state index contributed by atoms with van der Waals surface area (Å²) in [6, 6.07) is 0.218. The van der Waals surface area contributed by atoms with Crippen molar-refractivity contribution in [2.75, 3.05) is 26.7 Å². The standard InChI is InChI=1S/C9H14N2O3/c1-14-9(13)10-4-5-11-7(6-10)2-3-8(11)12/h7H,2-6H2,1H3. The van der Waals surface area contributed by atoms with Crippen LogP contribution in [0, 0.1) is 0 Å². The molecule has 2 rings (SSSR count). The third-order valence-electron chi connectivity index (χ3n) is 2.93. The quantitative estimate of drug-likeness (QED) is 0.553. The van der Waals surface area contributed by atoms with Crippen molar-refractivity contribution in [1.29, 1.82) is 0 Å². The maximum absolute atomic E-state index is 11.3. The van der Waals surface area contributed by atoms with Gasteiger partial charge in [-0.15, -0.1) is 0 Å². The van der Waals surface area contributed by atoms with E-state index in [4.69, 9.17) is 0 Å². The van der Waals surface area contributed by atoms with Crippen LogP contribution in [0.2, 0.25) is 0 Å². The van der Waals surface area contributed by atoms with E-state index < -0.39 is 0 Å². The number of carbonyl (C=O) groups is 2. The Morgan fingerprint density at radius 3 is 3.00 bits per heavy atom. The molecule has 2 fully saturated rings. The highest BCUT2D eigenvalue weighted by Gasteiger charge is 2.36. The molecule has 0 N–H and O–H groups in total. The lowest BCUT2D eigenvalue weighted by atomic mass is 10.2. The summed E-state index contributed by atoms with van der Waals surface area (Å²) in [5.41, 5.74) is 0. The predicted molar refractivity (Wildman–Crippen MR) is 48.7 cm³/mol. The fraction of sp³-hybridized carbons (Fsp3) is 0.778. The summed E-state index contributed by atoms with van der Waals surface area (Å²) in [5.74, 6) is 0.222. The van der Waals surface area contributed by atoms with Crippen LogP contribution in [0.1, 0.15) is 12.8 Å². The van der Waals surface area contributed by atoms with E-state index in [1.54, 1.807) is 4.90 Å². The first-order valence-corrected chi connectivity index (χ1v) is 4.84. The molecule has 0 bridgehead atoms. The van der Waals surface area contributed by atoms with Gasteiger partial charge in [-0.3, -0.25) is 4.79 Å². The molecule has 1 unspecified atom stereocenters. The lowest BCUT2D eigenvalue weighted by Crippen LogP contribution is -2.53. The number of methoxy groups -OCH3 is 1. The molecule has 14 heavy (non-hydrogen) atoms. The largest absolute Gasteiger partial charge is 0.453 e. The van der Waals surface area contributed by atoms with Crippen LogP contribution in [0.3, 0.4) is 0 Å². The second-order valence-corrected chi connectivity index (χ2v) is 3.70. The maximum atomic E-state index is 11.3. The number of amides is 2. The van der Waals surface area contributed by atoms with Gasteiger partial charge in [0.15, 0.2) is 0 Å². The van der Waals surface area contributed by atoms with Crippen LogP contribution in [-0.4, -0.2) is 54.6 Å². The minimum atomic E-state index is -0.288. The number of rotatable bonds is 0. The fourth-order valence-corrected chi connectivity index (χ4v) is 2.16. The van der Waals surface area contributed by atoms with E-state index in [-0.39, 0.29) is 18.0 Å². The molecule has 5 heteroatoms. The highest BCUT2D eigenvalue weighted by Crippen LogP contribution is 2.22. The van der Waals surface area contributed by atoms with Crippen LogP contribution in [0.4, 0.5) is 4.79 Å². The Kier molecular flexibility index (Phi) is 2.31. The Hall–Kier alpha value is -1.26. The minimum absolute atomic E-state index is 0.218. The summed E-state index contributed by atoms with van der Waals surface area (Å²) in [6.07, 6.45) is 1.20. The Morgan fingerprint density at radius 1 is 1.50 bits per heavy atom. The summed E-state index contributed by atoms with van der Waals surface area (Å²) in [4.78, 5) is 26.1. The van der Waals surface area contributed by atoms with Gasteiger partial charge in [0.05, 0.1) is 7.11 Å². The van der Waals surface area contributed by atoms with Crippen molar-refractivity contribution in [3.8, 4) is 0 Å². The zero-order chi connectivity index (χ0) is 10.1. The third kappa shape index (κ3) is 1.42. The lowest BCUT2D eigenvalue weighted by molar-refractivity contribution is -0.130. The van der Waals surface area contributed by atoms with Crippen molar-refractivity contribution in [3.05, 3.63) is 0 Å². The van der Waals surface area contributed by atoms with Crippen molar-refractivity contribution >= 4 is 12.0 Å². The van der Waals surface area contributed by atoms with Gasteiger partial charge in [-0.05, 0) is 6.42 Å². The van der Waals surface area contributed by atoms with Gasteiger partial charge >= 0.3 is 6.09 Å². The monoisotopic (exact) mass is 198 g/mol. The normalized spacial score (nSPS) is 26.4. The zero-order valence-corrected chi connectivity index (χ0v) is 8.23. The van der Waals surface area contributed by atoms with Crippen LogP contribution in [0.5, 0.6) is 0 Å². The number of hydrogen-bond donors (Lipinski definition) is 0. The topological polar surface area (TPSA) is 49.9 Å². The number of carbonyl (C=O) groups excluding carboxylic acids is 2. The molecule has 2 heterocycles. The van der Waals surface area contributed by atoms with Gasteiger partial charge in [0, 0.05) is 32.1 Å². The highest BCUT2D eigenvalue weighted by molar-refractivity contribution is 5.79. The Morgan fingerprint density at radius 2 is 2.29 bits per heavy atom. The zero-order valence-electron chi connectivity index (χ0n) is 8.23. The van der Waals surface area contributed by atoms with Gasteiger partial charge in [0.25, 0.3) is 0 Å². The van der Waals surface area contributed by atoms with Crippen molar-refractivity contribution < 1.29 is 14.3 Å². The lowest BCUT2D eigenvalue weighted by Gasteiger charge is -2.36. The Bertz CT molecular complexity index is 267. The average molecular weight is 198 g/mol. The molecule has 2 aliphatic rings. The maximum Gasteiger partial charge on any atom is 0.409 e. The van der Waals surface area contributed by atoms with E-state index in [2.05, 4.69) is 4.74 Å². The van der Waals surface area contributed by atoms with E-state index in [0.717, 1.165) is 6.42 Å². The number of piperazine rings is 1. The molecule has 0 radical (unpaired) electrons. The van der Waals surface area contributed by atoms with Gasteiger partial charge in [-0.1, -0.05) is 0 Å². The summed E-state index contributed by atoms with van der Waals surface area (Å²) in [6.45, 7) is 1.87. The number of hydrogen-bond acceptors (Lipinski definition) is 3. The molecule has 2 aliphatic heterocycles. The van der Waals surface area contributed by atoms with E-state index in [1.165, 1.54) is 7.11 Å². The molecule has 0 saturated carbocycles. The van der Waals surface area contributed by atoms with Crippen LogP contribution < -0.4 is 0 Å². The van der Waals surface area contributed by atoms with Crippen LogP contribution in [0.25, 0.3) is 0 Å². The number of nitrogens with zero attached hydrogens (tertiary/aromatic N) is 2. The number of ether oxygens (including phenoxy) is 1. The van der Waals surface area contributed by atoms with Crippen LogP contribution >= 0.6 is 0 Å². The minimum Gasteiger partial charge on any atom is -0.453 e. The molecular weight excluding hydrogens is 184 g/mol. The first-order valence-electron chi connectivity index (χ1n) is 4.84. The summed E-state index contributed by atoms with van der Waals surface area (Å²) >= 11 is 0. The van der Waals surface area contributed by atoms with Gasteiger partial charge < -0.3 is 14.5 Å². The van der Waals surface area contributed by atoms with E-state index in [9.17, 15) is 9.59 Å². The smallest absolute Gasteiger partial charge is 0.409 e. The van der Waals surface area contributed by atoms with Crippen LogP contribution in [-0.2, 0) is 9.53 Å². The van der Waals surface area contributed by atoms with Crippen molar-refractivity contribution in [3.63, 3.8) is 0 Å². The summed E-state index contributed by atoms with van der Waals surface area (Å²) in [5, 5.41) is 0. The van der Waals surface area contributed by atoms with Crippen molar-refractivity contribution in [2.45, 2.75) is 18.9 Å². The molecule has 0 spiro atoms.